The van der Waals surface area contributed by atoms with E-state index in [0.29, 0.717) is 41.9 Å². The Morgan fingerprint density at radius 2 is 1.91 bits per heavy atom. The number of benzene rings is 2. The highest BCUT2D eigenvalue weighted by atomic mass is 32.2. The van der Waals surface area contributed by atoms with E-state index in [0.717, 1.165) is 31.1 Å². The molecule has 0 heterocycles. The van der Waals surface area contributed by atoms with Crippen molar-refractivity contribution in [3.63, 3.8) is 0 Å². The Hall–Kier alpha value is -2.25. The van der Waals surface area contributed by atoms with Gasteiger partial charge in [0.05, 0.1) is 13.4 Å². The summed E-state index contributed by atoms with van der Waals surface area (Å²) in [6.07, 6.45) is 6.39. The van der Waals surface area contributed by atoms with Crippen LogP contribution in [0.3, 0.4) is 0 Å². The van der Waals surface area contributed by atoms with Gasteiger partial charge in [-0.2, -0.15) is 0 Å². The zero-order valence-electron chi connectivity index (χ0n) is 19.6. The standard InChI is InChI=1S/C26H34FNO4S/c1-18(22-12-13-24(27)26(17-22)32-2)15-19-6-7-23(16-19)20-8-10-21(11-9-20)25(29)5-4-14-28-33(3,30)31/h8-13,17-19,23,28H,4-7,14-16H2,1-3H3/t18-,19?,23-/m0/s1. The fourth-order valence-electron chi connectivity index (χ4n) is 4.80. The minimum atomic E-state index is -3.22. The summed E-state index contributed by atoms with van der Waals surface area (Å²) in [7, 11) is -1.73. The van der Waals surface area contributed by atoms with E-state index < -0.39 is 10.0 Å². The van der Waals surface area contributed by atoms with Crippen LogP contribution in [0.5, 0.6) is 5.75 Å². The molecule has 1 saturated carbocycles. The third-order valence-electron chi connectivity index (χ3n) is 6.62. The molecule has 2 aromatic rings. The Balaban J connectivity index is 1.50. The van der Waals surface area contributed by atoms with Crippen LogP contribution in [0.25, 0.3) is 0 Å². The van der Waals surface area contributed by atoms with Gasteiger partial charge in [-0.3, -0.25) is 4.79 Å². The predicted molar refractivity (Wildman–Crippen MR) is 129 cm³/mol. The minimum Gasteiger partial charge on any atom is -0.494 e. The predicted octanol–water partition coefficient (Wildman–Crippen LogP) is 5.42. The molecule has 0 saturated heterocycles. The number of halogens is 1. The van der Waals surface area contributed by atoms with Gasteiger partial charge in [0.15, 0.2) is 17.3 Å². The van der Waals surface area contributed by atoms with Crippen molar-refractivity contribution in [3.8, 4) is 5.75 Å². The van der Waals surface area contributed by atoms with Crippen LogP contribution in [0.4, 0.5) is 4.39 Å². The van der Waals surface area contributed by atoms with E-state index in [1.807, 2.05) is 18.2 Å². The van der Waals surface area contributed by atoms with Crippen molar-refractivity contribution < 1.29 is 22.3 Å². The summed E-state index contributed by atoms with van der Waals surface area (Å²) in [4.78, 5) is 12.4. The number of ketones is 1. The van der Waals surface area contributed by atoms with Crippen LogP contribution in [-0.4, -0.2) is 34.1 Å². The molecule has 1 aliphatic rings. The molecule has 7 heteroatoms. The molecule has 0 bridgehead atoms. The lowest BCUT2D eigenvalue weighted by Crippen LogP contribution is -2.23. The number of sulfonamides is 1. The molecule has 0 aromatic heterocycles. The molecule has 1 unspecified atom stereocenters. The molecule has 33 heavy (non-hydrogen) atoms. The van der Waals surface area contributed by atoms with E-state index in [2.05, 4.69) is 23.8 Å². The van der Waals surface area contributed by atoms with Crippen LogP contribution in [-0.2, 0) is 10.0 Å². The van der Waals surface area contributed by atoms with Gasteiger partial charge in [-0.15, -0.1) is 0 Å². The first kappa shape index (κ1) is 25.4. The first-order valence-electron chi connectivity index (χ1n) is 11.6. The third kappa shape index (κ3) is 7.37. The van der Waals surface area contributed by atoms with Crippen molar-refractivity contribution >= 4 is 15.8 Å². The quantitative estimate of drug-likeness (QED) is 0.348. The Bertz CT molecular complexity index is 1050. The van der Waals surface area contributed by atoms with Gasteiger partial charge in [0.25, 0.3) is 0 Å². The van der Waals surface area contributed by atoms with Gasteiger partial charge in [0.1, 0.15) is 0 Å². The Morgan fingerprint density at radius 1 is 1.18 bits per heavy atom. The zero-order valence-corrected chi connectivity index (χ0v) is 20.5. The van der Waals surface area contributed by atoms with Gasteiger partial charge in [-0.05, 0) is 73.1 Å². The van der Waals surface area contributed by atoms with E-state index >= 15 is 0 Å². The summed E-state index contributed by atoms with van der Waals surface area (Å²) in [5.41, 5.74) is 3.04. The number of carbonyl (C=O) groups is 1. The van der Waals surface area contributed by atoms with Crippen LogP contribution >= 0.6 is 0 Å². The molecule has 1 fully saturated rings. The fourth-order valence-corrected chi connectivity index (χ4v) is 5.32. The summed E-state index contributed by atoms with van der Waals surface area (Å²) >= 11 is 0. The number of rotatable bonds is 11. The lowest BCUT2D eigenvalue weighted by molar-refractivity contribution is 0.0980. The molecule has 3 atom stereocenters. The normalized spacial score (nSPS) is 19.4. The highest BCUT2D eigenvalue weighted by molar-refractivity contribution is 7.88. The minimum absolute atomic E-state index is 0.0321. The van der Waals surface area contributed by atoms with E-state index in [1.165, 1.54) is 25.2 Å². The van der Waals surface area contributed by atoms with E-state index in [4.69, 9.17) is 4.74 Å². The van der Waals surface area contributed by atoms with Crippen LogP contribution in [0.15, 0.2) is 42.5 Å². The lowest BCUT2D eigenvalue weighted by atomic mass is 9.87. The monoisotopic (exact) mass is 475 g/mol. The first-order valence-corrected chi connectivity index (χ1v) is 13.5. The topological polar surface area (TPSA) is 72.5 Å². The van der Waals surface area contributed by atoms with Crippen molar-refractivity contribution in [1.29, 1.82) is 0 Å². The largest absolute Gasteiger partial charge is 0.494 e. The molecule has 3 rings (SSSR count). The molecule has 180 valence electrons. The molecule has 1 N–H and O–H groups in total. The maximum absolute atomic E-state index is 13.7. The van der Waals surface area contributed by atoms with Gasteiger partial charge < -0.3 is 4.74 Å². The summed E-state index contributed by atoms with van der Waals surface area (Å²) < 4.78 is 43.4. The number of methoxy groups -OCH3 is 1. The Labute approximate surface area is 196 Å². The van der Waals surface area contributed by atoms with Gasteiger partial charge in [-0.25, -0.2) is 17.5 Å². The van der Waals surface area contributed by atoms with Crippen LogP contribution in [0, 0.1) is 11.7 Å². The Kier molecular flexibility index (Phi) is 8.65. The fraction of sp³-hybridized carbons (Fsp3) is 0.500. The molecule has 0 spiro atoms. The average molecular weight is 476 g/mol. The van der Waals surface area contributed by atoms with Crippen molar-refractivity contribution in [1.82, 2.24) is 4.72 Å². The number of hydrogen-bond donors (Lipinski definition) is 1. The van der Waals surface area contributed by atoms with Crippen LogP contribution in [0.1, 0.15) is 78.8 Å². The second kappa shape index (κ2) is 11.3. The number of carbonyl (C=O) groups excluding carboxylic acids is 1. The highest BCUT2D eigenvalue weighted by Gasteiger charge is 2.27. The Morgan fingerprint density at radius 3 is 2.58 bits per heavy atom. The maximum atomic E-state index is 13.7. The molecule has 2 aromatic carbocycles. The molecular formula is C26H34FNO4S. The smallest absolute Gasteiger partial charge is 0.208 e. The van der Waals surface area contributed by atoms with E-state index in [-0.39, 0.29) is 18.1 Å². The summed E-state index contributed by atoms with van der Waals surface area (Å²) in [5.74, 6) is 1.44. The van der Waals surface area contributed by atoms with Gasteiger partial charge >= 0.3 is 0 Å². The summed E-state index contributed by atoms with van der Waals surface area (Å²) in [5, 5.41) is 0. The molecule has 1 aliphatic carbocycles. The number of hydrogen-bond acceptors (Lipinski definition) is 4. The second-order valence-corrected chi connectivity index (χ2v) is 11.1. The lowest BCUT2D eigenvalue weighted by Gasteiger charge is -2.18. The van der Waals surface area contributed by atoms with Crippen molar-refractivity contribution in [2.75, 3.05) is 19.9 Å². The average Bonchev–Trinajstić information content (AvgIpc) is 3.24. The maximum Gasteiger partial charge on any atom is 0.208 e. The number of nitrogens with one attached hydrogen (secondary N) is 1. The molecular weight excluding hydrogens is 441 g/mol. The van der Waals surface area contributed by atoms with E-state index in [1.54, 1.807) is 6.07 Å². The summed E-state index contributed by atoms with van der Waals surface area (Å²) in [6.45, 7) is 2.46. The summed E-state index contributed by atoms with van der Waals surface area (Å²) in [6, 6.07) is 13.0. The van der Waals surface area contributed by atoms with Gasteiger partial charge in [-0.1, -0.05) is 37.3 Å². The molecule has 0 aliphatic heterocycles. The SMILES string of the molecule is COc1cc([C@@H](C)CC2CC[C@H](c3ccc(C(=O)CCCNS(C)(=O)=O)cc3)C2)ccc1F. The van der Waals surface area contributed by atoms with Gasteiger partial charge in [0, 0.05) is 18.5 Å². The molecule has 5 nitrogen and oxygen atoms in total. The van der Waals surface area contributed by atoms with Crippen molar-refractivity contribution in [2.24, 2.45) is 5.92 Å². The van der Waals surface area contributed by atoms with Crippen molar-refractivity contribution in [3.05, 3.63) is 65.0 Å². The molecule has 0 amide bonds. The van der Waals surface area contributed by atoms with Gasteiger partial charge in [0.2, 0.25) is 10.0 Å². The first-order chi connectivity index (χ1) is 15.7. The van der Waals surface area contributed by atoms with Crippen molar-refractivity contribution in [2.45, 2.75) is 57.3 Å². The van der Waals surface area contributed by atoms with Crippen LogP contribution < -0.4 is 9.46 Å². The zero-order chi connectivity index (χ0) is 24.0. The highest BCUT2D eigenvalue weighted by Crippen LogP contribution is 2.42. The second-order valence-electron chi connectivity index (χ2n) is 9.22. The third-order valence-corrected chi connectivity index (χ3v) is 7.35. The molecule has 0 radical (unpaired) electrons. The van der Waals surface area contributed by atoms with E-state index in [9.17, 15) is 17.6 Å². The van der Waals surface area contributed by atoms with Crippen LogP contribution in [0.2, 0.25) is 0 Å². The number of ether oxygens (including phenoxy) is 1. The number of Topliss-reactive ketones (excluding diaryl/α,β-unsaturated/α-hetero) is 1.